The minimum Gasteiger partial charge on any atom is -0.369 e. The maximum atomic E-state index is 11.0. The number of rotatable bonds is 1. The van der Waals surface area contributed by atoms with Crippen LogP contribution in [0.5, 0.6) is 0 Å². The highest BCUT2D eigenvalue weighted by atomic mass is 32.2. The molecule has 1 fully saturated rings. The molecule has 0 aromatic heterocycles. The topological polar surface area (TPSA) is 69.1 Å². The Kier molecular flexibility index (Phi) is 2.16. The predicted molar refractivity (Wildman–Crippen MR) is 47.2 cm³/mol. The van der Waals surface area contributed by atoms with Gasteiger partial charge in [0.2, 0.25) is 5.91 Å². The summed E-state index contributed by atoms with van der Waals surface area (Å²) in [5, 5.41) is 0. The van der Waals surface area contributed by atoms with Gasteiger partial charge < -0.3 is 11.5 Å². The van der Waals surface area contributed by atoms with Gasteiger partial charge in [-0.05, 0) is 13.8 Å². The van der Waals surface area contributed by atoms with Crippen LogP contribution in [-0.4, -0.2) is 22.4 Å². The largest absolute Gasteiger partial charge is 0.369 e. The number of thioether (sulfide) groups is 1. The molecule has 4 N–H and O–H groups in total. The summed E-state index contributed by atoms with van der Waals surface area (Å²) in [4.78, 5) is 11.0. The highest BCUT2D eigenvalue weighted by Gasteiger charge is 2.44. The van der Waals surface area contributed by atoms with Gasteiger partial charge >= 0.3 is 0 Å². The Balaban J connectivity index is 2.80. The van der Waals surface area contributed by atoms with Crippen LogP contribution in [0.15, 0.2) is 0 Å². The van der Waals surface area contributed by atoms with Crippen LogP contribution >= 0.6 is 11.8 Å². The number of nitrogens with two attached hydrogens (primary N) is 2. The van der Waals surface area contributed by atoms with E-state index >= 15 is 0 Å². The first kappa shape index (κ1) is 8.87. The maximum absolute atomic E-state index is 11.0. The van der Waals surface area contributed by atoms with Gasteiger partial charge in [0.25, 0.3) is 0 Å². The van der Waals surface area contributed by atoms with E-state index in [0.29, 0.717) is 0 Å². The second-order valence-electron chi connectivity index (χ2n) is 3.46. The number of carbonyl (C=O) groups excluding carboxylic acids is 1. The fraction of sp³-hybridized carbons (Fsp3) is 0.857. The first-order valence-electron chi connectivity index (χ1n) is 3.64. The van der Waals surface area contributed by atoms with E-state index in [-0.39, 0.29) is 22.6 Å². The molecule has 64 valence electrons. The second-order valence-corrected chi connectivity index (χ2v) is 5.13. The zero-order valence-electron chi connectivity index (χ0n) is 6.83. The summed E-state index contributed by atoms with van der Waals surface area (Å²) in [6.45, 7) is 4.03. The molecule has 11 heavy (non-hydrogen) atoms. The van der Waals surface area contributed by atoms with E-state index in [2.05, 4.69) is 0 Å². The van der Waals surface area contributed by atoms with Crippen molar-refractivity contribution in [2.24, 2.45) is 17.4 Å². The smallest absolute Gasteiger partial charge is 0.223 e. The lowest BCUT2D eigenvalue weighted by atomic mass is 9.89. The molecule has 2 atom stereocenters. The average molecular weight is 174 g/mol. The van der Waals surface area contributed by atoms with Crippen molar-refractivity contribution in [3.63, 3.8) is 0 Å². The van der Waals surface area contributed by atoms with Gasteiger partial charge in [-0.25, -0.2) is 0 Å². The van der Waals surface area contributed by atoms with Crippen LogP contribution in [0.2, 0.25) is 0 Å². The van der Waals surface area contributed by atoms with Crippen LogP contribution in [0, 0.1) is 5.92 Å². The molecule has 0 radical (unpaired) electrons. The van der Waals surface area contributed by atoms with E-state index < -0.39 is 0 Å². The van der Waals surface area contributed by atoms with Crippen molar-refractivity contribution >= 4 is 17.7 Å². The Bertz CT molecular complexity index is 181. The first-order chi connectivity index (χ1) is 4.95. The van der Waals surface area contributed by atoms with Gasteiger partial charge in [-0.3, -0.25) is 4.79 Å². The molecule has 4 heteroatoms. The summed E-state index contributed by atoms with van der Waals surface area (Å²) in [7, 11) is 0. The molecule has 0 bridgehead atoms. The summed E-state index contributed by atoms with van der Waals surface area (Å²) in [6.07, 6.45) is 0. The van der Waals surface area contributed by atoms with Crippen molar-refractivity contribution in [2.75, 3.05) is 5.75 Å². The van der Waals surface area contributed by atoms with Crippen LogP contribution in [0.3, 0.4) is 0 Å². The normalized spacial score (nSPS) is 35.5. The zero-order valence-corrected chi connectivity index (χ0v) is 7.65. The molecule has 1 saturated heterocycles. The number of amides is 1. The quantitative estimate of drug-likeness (QED) is 0.585. The molecule has 0 spiro atoms. The van der Waals surface area contributed by atoms with Crippen molar-refractivity contribution in [3.05, 3.63) is 0 Å². The van der Waals surface area contributed by atoms with Crippen LogP contribution in [0.25, 0.3) is 0 Å². The zero-order chi connectivity index (χ0) is 8.65. The van der Waals surface area contributed by atoms with Crippen molar-refractivity contribution < 1.29 is 4.79 Å². The lowest BCUT2D eigenvalue weighted by Crippen LogP contribution is -2.44. The number of hydrogen-bond donors (Lipinski definition) is 2. The van der Waals surface area contributed by atoms with Crippen LogP contribution in [0.4, 0.5) is 0 Å². The monoisotopic (exact) mass is 174 g/mol. The third-order valence-electron chi connectivity index (χ3n) is 2.13. The Morgan fingerprint density at radius 2 is 2.18 bits per heavy atom. The summed E-state index contributed by atoms with van der Waals surface area (Å²) in [5.41, 5.74) is 11.0. The lowest BCUT2D eigenvalue weighted by molar-refractivity contribution is -0.122. The van der Waals surface area contributed by atoms with Gasteiger partial charge in [-0.1, -0.05) is 0 Å². The molecule has 3 nitrogen and oxygen atoms in total. The standard InChI is InChI=1S/C7H14N2OS/c1-7(2)5(6(9)10)4(8)3-11-7/h4-5H,3,8H2,1-2H3,(H2,9,10). The Hall–Kier alpha value is -0.220. The minimum atomic E-state index is -0.271. The summed E-state index contributed by atoms with van der Waals surface area (Å²) < 4.78 is -0.0781. The summed E-state index contributed by atoms with van der Waals surface area (Å²) in [5.74, 6) is 0.389. The second kappa shape index (κ2) is 2.68. The van der Waals surface area contributed by atoms with Crippen molar-refractivity contribution in [2.45, 2.75) is 24.6 Å². The van der Waals surface area contributed by atoms with E-state index in [1.54, 1.807) is 11.8 Å². The molecule has 1 heterocycles. The van der Waals surface area contributed by atoms with Crippen molar-refractivity contribution in [1.29, 1.82) is 0 Å². The highest BCUT2D eigenvalue weighted by molar-refractivity contribution is 8.01. The number of carbonyl (C=O) groups is 1. The first-order valence-corrected chi connectivity index (χ1v) is 4.62. The van der Waals surface area contributed by atoms with Crippen LogP contribution in [0.1, 0.15) is 13.8 Å². The Morgan fingerprint density at radius 1 is 1.64 bits per heavy atom. The predicted octanol–water partition coefficient (Wildman–Crippen LogP) is -0.0594. The molecule has 0 aliphatic carbocycles. The number of primary amides is 1. The minimum absolute atomic E-state index is 0.0625. The van der Waals surface area contributed by atoms with Gasteiger partial charge in [-0.15, -0.1) is 0 Å². The van der Waals surface area contributed by atoms with E-state index in [0.717, 1.165) is 5.75 Å². The maximum Gasteiger partial charge on any atom is 0.223 e. The molecule has 1 amide bonds. The lowest BCUT2D eigenvalue weighted by Gasteiger charge is -2.24. The molecular formula is C7H14N2OS. The third kappa shape index (κ3) is 1.51. The van der Waals surface area contributed by atoms with Crippen LogP contribution < -0.4 is 11.5 Å². The fourth-order valence-electron chi connectivity index (χ4n) is 1.57. The van der Waals surface area contributed by atoms with Gasteiger partial charge in [-0.2, -0.15) is 11.8 Å². The molecule has 1 rings (SSSR count). The van der Waals surface area contributed by atoms with E-state index in [9.17, 15) is 4.79 Å². The molecule has 0 aromatic rings. The third-order valence-corrected chi connectivity index (χ3v) is 3.68. The van der Waals surface area contributed by atoms with Gasteiger partial charge in [0.1, 0.15) is 0 Å². The van der Waals surface area contributed by atoms with Gasteiger partial charge in [0.15, 0.2) is 0 Å². The molecule has 1 aliphatic rings. The van der Waals surface area contributed by atoms with E-state index in [4.69, 9.17) is 11.5 Å². The van der Waals surface area contributed by atoms with E-state index in [1.807, 2.05) is 13.8 Å². The van der Waals surface area contributed by atoms with Gasteiger partial charge in [0.05, 0.1) is 5.92 Å². The molecule has 0 saturated carbocycles. The van der Waals surface area contributed by atoms with Crippen molar-refractivity contribution in [1.82, 2.24) is 0 Å². The highest BCUT2D eigenvalue weighted by Crippen LogP contribution is 2.41. The molecular weight excluding hydrogens is 160 g/mol. The summed E-state index contributed by atoms with van der Waals surface area (Å²) in [6, 6.07) is -0.0625. The number of hydrogen-bond acceptors (Lipinski definition) is 3. The van der Waals surface area contributed by atoms with Crippen molar-refractivity contribution in [3.8, 4) is 0 Å². The molecule has 0 aromatic carbocycles. The van der Waals surface area contributed by atoms with E-state index in [1.165, 1.54) is 0 Å². The van der Waals surface area contributed by atoms with Gasteiger partial charge in [0, 0.05) is 16.5 Å². The Morgan fingerprint density at radius 3 is 2.36 bits per heavy atom. The fourth-order valence-corrected chi connectivity index (χ4v) is 2.85. The molecule has 1 aliphatic heterocycles. The van der Waals surface area contributed by atoms with Crippen LogP contribution in [-0.2, 0) is 4.79 Å². The Labute approximate surface area is 70.9 Å². The summed E-state index contributed by atoms with van der Waals surface area (Å²) >= 11 is 1.72. The SMILES string of the molecule is CC1(C)SCC(N)C1C(N)=O. The average Bonchev–Trinajstić information content (AvgIpc) is 2.06. The molecule has 2 unspecified atom stereocenters.